The van der Waals surface area contributed by atoms with Gasteiger partial charge in [-0.15, -0.1) is 0 Å². The predicted molar refractivity (Wildman–Crippen MR) is 80.7 cm³/mol. The Hall–Kier alpha value is -0.710. The Morgan fingerprint density at radius 2 is 1.85 bits per heavy atom. The second kappa shape index (κ2) is 4.65. The molecule has 5 heteroatoms. The molecule has 1 N–H and O–H groups in total. The standard InChI is InChI=1S/C15H24N2O2S/c1-10-4-3-5-11(2)15(10)12(18)17(13(19)16-15)8-14(9-20)6-7-14/h10-11,20H,3-9H2,1-2H3,(H,16,19). The summed E-state index contributed by atoms with van der Waals surface area (Å²) < 4.78 is 0. The van der Waals surface area contributed by atoms with Gasteiger partial charge in [0.2, 0.25) is 0 Å². The van der Waals surface area contributed by atoms with Gasteiger partial charge in [-0.1, -0.05) is 20.3 Å². The van der Waals surface area contributed by atoms with Gasteiger partial charge in [0.1, 0.15) is 5.54 Å². The third-order valence-electron chi connectivity index (χ3n) is 5.77. The van der Waals surface area contributed by atoms with Gasteiger partial charge in [-0.3, -0.25) is 9.69 Å². The fourth-order valence-corrected chi connectivity index (χ4v) is 4.39. The summed E-state index contributed by atoms with van der Waals surface area (Å²) in [7, 11) is 0. The third kappa shape index (κ3) is 1.89. The van der Waals surface area contributed by atoms with Crippen molar-refractivity contribution in [3.05, 3.63) is 0 Å². The molecule has 0 aromatic rings. The Balaban J connectivity index is 1.85. The lowest BCUT2D eigenvalue weighted by molar-refractivity contribution is -0.137. The van der Waals surface area contributed by atoms with Crippen molar-refractivity contribution in [3.63, 3.8) is 0 Å². The van der Waals surface area contributed by atoms with E-state index in [1.165, 1.54) is 4.90 Å². The first-order chi connectivity index (χ1) is 9.45. The van der Waals surface area contributed by atoms with E-state index in [1.807, 2.05) is 0 Å². The number of rotatable bonds is 3. The average Bonchev–Trinajstić information content (AvgIpc) is 3.15. The molecule has 3 rings (SSSR count). The van der Waals surface area contributed by atoms with E-state index in [2.05, 4.69) is 31.8 Å². The maximum Gasteiger partial charge on any atom is 0.325 e. The number of amides is 3. The van der Waals surface area contributed by atoms with Crippen molar-refractivity contribution in [1.82, 2.24) is 10.2 Å². The monoisotopic (exact) mass is 296 g/mol. The van der Waals surface area contributed by atoms with E-state index in [4.69, 9.17) is 0 Å². The van der Waals surface area contributed by atoms with Gasteiger partial charge in [-0.2, -0.15) is 12.6 Å². The normalized spacial score (nSPS) is 39.2. The minimum absolute atomic E-state index is 0.00950. The summed E-state index contributed by atoms with van der Waals surface area (Å²) in [6.07, 6.45) is 5.33. The Kier molecular flexibility index (Phi) is 3.31. The lowest BCUT2D eigenvalue weighted by Crippen LogP contribution is -2.59. The van der Waals surface area contributed by atoms with Crippen LogP contribution in [0.1, 0.15) is 46.0 Å². The second-order valence-corrected chi connectivity index (χ2v) is 7.40. The highest BCUT2D eigenvalue weighted by Crippen LogP contribution is 2.49. The minimum Gasteiger partial charge on any atom is -0.323 e. The largest absolute Gasteiger partial charge is 0.325 e. The highest BCUT2D eigenvalue weighted by molar-refractivity contribution is 7.80. The highest BCUT2D eigenvalue weighted by Gasteiger charge is 2.60. The molecule has 1 aliphatic heterocycles. The van der Waals surface area contributed by atoms with Crippen molar-refractivity contribution in [3.8, 4) is 0 Å². The zero-order chi connectivity index (χ0) is 14.5. The zero-order valence-electron chi connectivity index (χ0n) is 12.3. The van der Waals surface area contributed by atoms with Crippen LogP contribution < -0.4 is 5.32 Å². The van der Waals surface area contributed by atoms with Crippen LogP contribution in [0, 0.1) is 17.3 Å². The fourth-order valence-electron chi connectivity index (χ4n) is 3.97. The molecule has 2 unspecified atom stereocenters. The van der Waals surface area contributed by atoms with E-state index in [0.717, 1.165) is 37.9 Å². The number of urea groups is 1. The molecule has 0 bridgehead atoms. The Morgan fingerprint density at radius 1 is 1.25 bits per heavy atom. The molecular formula is C15H24N2O2S. The van der Waals surface area contributed by atoms with Crippen LogP contribution in [0.3, 0.4) is 0 Å². The van der Waals surface area contributed by atoms with Crippen LogP contribution >= 0.6 is 12.6 Å². The summed E-state index contributed by atoms with van der Waals surface area (Å²) in [6.45, 7) is 4.74. The van der Waals surface area contributed by atoms with Crippen LogP contribution in [0.15, 0.2) is 0 Å². The van der Waals surface area contributed by atoms with Crippen molar-refractivity contribution >= 4 is 24.6 Å². The number of hydrogen-bond acceptors (Lipinski definition) is 3. The molecule has 2 saturated carbocycles. The number of hydrogen-bond donors (Lipinski definition) is 2. The molecule has 3 fully saturated rings. The van der Waals surface area contributed by atoms with E-state index in [1.54, 1.807) is 0 Å². The van der Waals surface area contributed by atoms with E-state index < -0.39 is 5.54 Å². The predicted octanol–water partition coefficient (Wildman–Crippen LogP) is 2.44. The summed E-state index contributed by atoms with van der Waals surface area (Å²) in [4.78, 5) is 26.8. The van der Waals surface area contributed by atoms with Crippen LogP contribution in [-0.4, -0.2) is 34.7 Å². The Bertz CT molecular complexity index is 437. The van der Waals surface area contributed by atoms with Crippen LogP contribution in [0.25, 0.3) is 0 Å². The van der Waals surface area contributed by atoms with E-state index in [9.17, 15) is 9.59 Å². The first kappa shape index (κ1) is 14.2. The lowest BCUT2D eigenvalue weighted by atomic mass is 9.67. The highest BCUT2D eigenvalue weighted by atomic mass is 32.1. The molecule has 0 radical (unpaired) electrons. The van der Waals surface area contributed by atoms with E-state index >= 15 is 0 Å². The van der Waals surface area contributed by atoms with Crippen LogP contribution in [0.5, 0.6) is 0 Å². The van der Waals surface area contributed by atoms with Gasteiger partial charge in [-0.05, 0) is 48.7 Å². The van der Waals surface area contributed by atoms with Gasteiger partial charge in [0.25, 0.3) is 5.91 Å². The summed E-state index contributed by atoms with van der Waals surface area (Å²) >= 11 is 4.38. The first-order valence-corrected chi connectivity index (χ1v) is 8.33. The lowest BCUT2D eigenvalue weighted by Gasteiger charge is -2.42. The van der Waals surface area contributed by atoms with Crippen LogP contribution in [-0.2, 0) is 4.79 Å². The molecule has 4 nitrogen and oxygen atoms in total. The number of imide groups is 1. The molecule has 1 spiro atoms. The topological polar surface area (TPSA) is 49.4 Å². The SMILES string of the molecule is CC1CCCC(C)C12NC(=O)N(CC1(CS)CC1)C2=O. The molecule has 112 valence electrons. The number of carbonyl (C=O) groups is 2. The van der Waals surface area contributed by atoms with Crippen LogP contribution in [0.2, 0.25) is 0 Å². The Morgan fingerprint density at radius 3 is 2.35 bits per heavy atom. The summed E-state index contributed by atoms with van der Waals surface area (Å²) in [5.74, 6) is 1.20. The van der Waals surface area contributed by atoms with Gasteiger partial charge >= 0.3 is 6.03 Å². The van der Waals surface area contributed by atoms with E-state index in [-0.39, 0.29) is 29.2 Å². The molecule has 2 aliphatic carbocycles. The van der Waals surface area contributed by atoms with Gasteiger partial charge in [0.05, 0.1) is 0 Å². The maximum absolute atomic E-state index is 13.0. The fraction of sp³-hybridized carbons (Fsp3) is 0.867. The first-order valence-electron chi connectivity index (χ1n) is 7.70. The van der Waals surface area contributed by atoms with Gasteiger partial charge in [0, 0.05) is 6.54 Å². The van der Waals surface area contributed by atoms with Gasteiger partial charge in [0.15, 0.2) is 0 Å². The van der Waals surface area contributed by atoms with Crippen molar-refractivity contribution in [1.29, 1.82) is 0 Å². The third-order valence-corrected chi connectivity index (χ3v) is 6.44. The van der Waals surface area contributed by atoms with Gasteiger partial charge in [-0.25, -0.2) is 4.79 Å². The maximum atomic E-state index is 13.0. The molecule has 20 heavy (non-hydrogen) atoms. The van der Waals surface area contributed by atoms with Crippen molar-refractivity contribution in [2.24, 2.45) is 17.3 Å². The summed E-state index contributed by atoms with van der Waals surface area (Å²) in [6, 6.07) is -0.191. The van der Waals surface area contributed by atoms with E-state index in [0.29, 0.717) is 6.54 Å². The number of thiol groups is 1. The van der Waals surface area contributed by atoms with Gasteiger partial charge < -0.3 is 5.32 Å². The molecule has 0 aromatic carbocycles. The number of carbonyl (C=O) groups excluding carboxylic acids is 2. The molecule has 1 heterocycles. The second-order valence-electron chi connectivity index (χ2n) is 7.08. The van der Waals surface area contributed by atoms with Crippen molar-refractivity contribution in [2.45, 2.75) is 51.5 Å². The molecule has 3 amide bonds. The molecule has 3 aliphatic rings. The number of nitrogens with zero attached hydrogens (tertiary/aromatic N) is 1. The summed E-state index contributed by atoms with van der Waals surface area (Å²) in [5.41, 5.74) is -0.565. The zero-order valence-corrected chi connectivity index (χ0v) is 13.2. The quantitative estimate of drug-likeness (QED) is 0.621. The van der Waals surface area contributed by atoms with Crippen molar-refractivity contribution in [2.75, 3.05) is 12.3 Å². The summed E-state index contributed by atoms with van der Waals surface area (Å²) in [5, 5.41) is 3.06. The molecular weight excluding hydrogens is 272 g/mol. The van der Waals surface area contributed by atoms with Crippen molar-refractivity contribution < 1.29 is 9.59 Å². The molecule has 2 atom stereocenters. The Labute approximate surface area is 126 Å². The smallest absolute Gasteiger partial charge is 0.323 e. The number of nitrogens with one attached hydrogen (secondary N) is 1. The van der Waals surface area contributed by atoms with Crippen LogP contribution in [0.4, 0.5) is 4.79 Å². The molecule has 1 saturated heterocycles. The molecule has 0 aromatic heterocycles. The minimum atomic E-state index is -0.651. The average molecular weight is 296 g/mol.